The number of rotatable bonds is 4. The molecule has 1 N–H and O–H groups in total. The van der Waals surface area contributed by atoms with E-state index >= 15 is 0 Å². The van der Waals surface area contributed by atoms with Crippen LogP contribution in [0.5, 0.6) is 0 Å². The lowest BCUT2D eigenvalue weighted by Gasteiger charge is -2.24. The van der Waals surface area contributed by atoms with Gasteiger partial charge >= 0.3 is 6.09 Å². The molecule has 0 aliphatic rings. The summed E-state index contributed by atoms with van der Waals surface area (Å²) in [6.45, 7) is 7.31. The summed E-state index contributed by atoms with van der Waals surface area (Å²) >= 11 is 0. The Morgan fingerprint density at radius 2 is 1.88 bits per heavy atom. The molecule has 0 atom stereocenters. The molecule has 94 valence electrons. The van der Waals surface area contributed by atoms with Crippen LogP contribution in [0.2, 0.25) is 0 Å². The SMILES string of the molecule is CCONC(=O)CN(C)C(=O)OC(C)(C)C. The molecule has 0 bridgehead atoms. The first-order valence-corrected chi connectivity index (χ1v) is 5.11. The van der Waals surface area contributed by atoms with Crippen LogP contribution in [-0.4, -0.2) is 42.7 Å². The van der Waals surface area contributed by atoms with Gasteiger partial charge in [0.05, 0.1) is 6.61 Å². The smallest absolute Gasteiger partial charge is 0.410 e. The molecule has 16 heavy (non-hydrogen) atoms. The zero-order valence-corrected chi connectivity index (χ0v) is 10.5. The van der Waals surface area contributed by atoms with Gasteiger partial charge in [-0.3, -0.25) is 9.63 Å². The summed E-state index contributed by atoms with van der Waals surface area (Å²) in [6, 6.07) is 0. The highest BCUT2D eigenvalue weighted by molar-refractivity contribution is 5.81. The second-order valence-corrected chi connectivity index (χ2v) is 4.29. The largest absolute Gasteiger partial charge is 0.444 e. The maximum Gasteiger partial charge on any atom is 0.410 e. The van der Waals surface area contributed by atoms with Crippen molar-refractivity contribution in [1.82, 2.24) is 10.4 Å². The van der Waals surface area contributed by atoms with Gasteiger partial charge < -0.3 is 9.64 Å². The Morgan fingerprint density at radius 1 is 1.31 bits per heavy atom. The van der Waals surface area contributed by atoms with Crippen molar-refractivity contribution in [2.75, 3.05) is 20.2 Å². The van der Waals surface area contributed by atoms with Crippen molar-refractivity contribution in [2.45, 2.75) is 33.3 Å². The van der Waals surface area contributed by atoms with Gasteiger partial charge in [0.15, 0.2) is 0 Å². The highest BCUT2D eigenvalue weighted by Crippen LogP contribution is 2.08. The van der Waals surface area contributed by atoms with Crippen LogP contribution in [0.1, 0.15) is 27.7 Å². The first-order valence-electron chi connectivity index (χ1n) is 5.11. The van der Waals surface area contributed by atoms with Crippen LogP contribution < -0.4 is 5.48 Å². The fourth-order valence-electron chi connectivity index (χ4n) is 0.805. The van der Waals surface area contributed by atoms with Gasteiger partial charge in [0, 0.05) is 7.05 Å². The molecule has 0 unspecified atom stereocenters. The van der Waals surface area contributed by atoms with Gasteiger partial charge in [0.25, 0.3) is 5.91 Å². The number of likely N-dealkylation sites (N-methyl/N-ethyl adjacent to an activating group) is 1. The Labute approximate surface area is 95.8 Å². The van der Waals surface area contributed by atoms with E-state index in [1.165, 1.54) is 11.9 Å². The quantitative estimate of drug-likeness (QED) is 0.732. The summed E-state index contributed by atoms with van der Waals surface area (Å²) in [7, 11) is 1.49. The number of hydrogen-bond donors (Lipinski definition) is 1. The molecule has 0 saturated heterocycles. The molecule has 6 nitrogen and oxygen atoms in total. The molecule has 6 heteroatoms. The van der Waals surface area contributed by atoms with Gasteiger partial charge in [-0.05, 0) is 27.7 Å². The third-order valence-electron chi connectivity index (χ3n) is 1.42. The monoisotopic (exact) mass is 232 g/mol. The molecule has 0 aromatic heterocycles. The van der Waals surface area contributed by atoms with E-state index in [2.05, 4.69) is 5.48 Å². The Kier molecular flexibility index (Phi) is 5.81. The number of nitrogens with one attached hydrogen (secondary N) is 1. The van der Waals surface area contributed by atoms with E-state index in [1.54, 1.807) is 27.7 Å². The van der Waals surface area contributed by atoms with Gasteiger partial charge in [-0.2, -0.15) is 0 Å². The molecule has 0 heterocycles. The van der Waals surface area contributed by atoms with E-state index < -0.39 is 17.6 Å². The normalized spacial score (nSPS) is 10.8. The highest BCUT2D eigenvalue weighted by Gasteiger charge is 2.20. The predicted molar refractivity (Wildman–Crippen MR) is 58.6 cm³/mol. The second-order valence-electron chi connectivity index (χ2n) is 4.29. The highest BCUT2D eigenvalue weighted by atomic mass is 16.6. The minimum absolute atomic E-state index is 0.102. The predicted octanol–water partition coefficient (Wildman–Crippen LogP) is 0.921. The van der Waals surface area contributed by atoms with Gasteiger partial charge in [0.2, 0.25) is 0 Å². The summed E-state index contributed by atoms with van der Waals surface area (Å²) in [5.41, 5.74) is 1.62. The lowest BCUT2D eigenvalue weighted by molar-refractivity contribution is -0.134. The Morgan fingerprint density at radius 3 is 2.31 bits per heavy atom. The standard InChI is InChI=1S/C10H20N2O4/c1-6-15-11-8(13)7-12(5)9(14)16-10(2,3)4/h6-7H2,1-5H3,(H,11,13). The van der Waals surface area contributed by atoms with Crippen molar-refractivity contribution in [2.24, 2.45) is 0 Å². The second kappa shape index (κ2) is 6.32. The summed E-state index contributed by atoms with van der Waals surface area (Å²) in [5, 5.41) is 0. The van der Waals surface area contributed by atoms with E-state index in [1.807, 2.05) is 0 Å². The van der Waals surface area contributed by atoms with Crippen LogP contribution in [0.3, 0.4) is 0 Å². The molecule has 0 saturated carbocycles. The van der Waals surface area contributed by atoms with E-state index in [9.17, 15) is 9.59 Å². The molecule has 0 fully saturated rings. The zero-order chi connectivity index (χ0) is 12.8. The minimum atomic E-state index is -0.568. The maximum atomic E-state index is 11.5. The molecular weight excluding hydrogens is 212 g/mol. The summed E-state index contributed by atoms with van der Waals surface area (Å²) in [6.07, 6.45) is -0.542. The van der Waals surface area contributed by atoms with Crippen molar-refractivity contribution in [3.63, 3.8) is 0 Å². The van der Waals surface area contributed by atoms with Gasteiger partial charge in [0.1, 0.15) is 12.1 Å². The maximum absolute atomic E-state index is 11.5. The third-order valence-corrected chi connectivity index (χ3v) is 1.42. The topological polar surface area (TPSA) is 67.9 Å². The van der Waals surface area contributed by atoms with Crippen LogP contribution in [0.4, 0.5) is 4.79 Å². The summed E-state index contributed by atoms with van der Waals surface area (Å²) in [4.78, 5) is 28.5. The molecule has 0 aromatic rings. The van der Waals surface area contributed by atoms with Crippen LogP contribution in [0, 0.1) is 0 Å². The Hall–Kier alpha value is -1.30. The molecule has 0 rings (SSSR count). The van der Waals surface area contributed by atoms with Crippen LogP contribution in [0.25, 0.3) is 0 Å². The van der Waals surface area contributed by atoms with Crippen molar-refractivity contribution in [1.29, 1.82) is 0 Å². The Balaban J connectivity index is 4.01. The molecular formula is C10H20N2O4. The lowest BCUT2D eigenvalue weighted by atomic mass is 10.2. The van der Waals surface area contributed by atoms with Crippen molar-refractivity contribution >= 4 is 12.0 Å². The summed E-state index contributed by atoms with van der Waals surface area (Å²) in [5.74, 6) is -0.393. The molecule has 0 aromatic carbocycles. The van der Waals surface area contributed by atoms with Crippen molar-refractivity contribution in [3.05, 3.63) is 0 Å². The third kappa shape index (κ3) is 7.05. The van der Waals surface area contributed by atoms with Crippen LogP contribution >= 0.6 is 0 Å². The molecule has 0 aliphatic heterocycles. The van der Waals surface area contributed by atoms with Crippen LogP contribution in [0.15, 0.2) is 0 Å². The lowest BCUT2D eigenvalue weighted by Crippen LogP contribution is -2.41. The van der Waals surface area contributed by atoms with Crippen LogP contribution in [-0.2, 0) is 14.4 Å². The number of amides is 2. The number of carbonyl (C=O) groups is 2. The average molecular weight is 232 g/mol. The Bertz CT molecular complexity index is 248. The van der Waals surface area contributed by atoms with Gasteiger partial charge in [-0.25, -0.2) is 10.3 Å². The molecule has 0 radical (unpaired) electrons. The first kappa shape index (κ1) is 14.7. The molecule has 0 spiro atoms. The number of ether oxygens (including phenoxy) is 1. The van der Waals surface area contributed by atoms with Gasteiger partial charge in [-0.1, -0.05) is 0 Å². The van der Waals surface area contributed by atoms with E-state index in [-0.39, 0.29) is 6.54 Å². The molecule has 0 aliphatic carbocycles. The fourth-order valence-corrected chi connectivity index (χ4v) is 0.805. The first-order chi connectivity index (χ1) is 7.26. The van der Waals surface area contributed by atoms with E-state index in [4.69, 9.17) is 9.57 Å². The van der Waals surface area contributed by atoms with E-state index in [0.717, 1.165) is 0 Å². The fraction of sp³-hybridized carbons (Fsp3) is 0.800. The number of carbonyl (C=O) groups excluding carboxylic acids is 2. The van der Waals surface area contributed by atoms with Crippen molar-refractivity contribution in [3.8, 4) is 0 Å². The average Bonchev–Trinajstić information content (AvgIpc) is 2.11. The number of nitrogens with zero attached hydrogens (tertiary/aromatic N) is 1. The van der Waals surface area contributed by atoms with Gasteiger partial charge in [-0.15, -0.1) is 0 Å². The van der Waals surface area contributed by atoms with E-state index in [0.29, 0.717) is 6.61 Å². The number of hydrogen-bond acceptors (Lipinski definition) is 4. The minimum Gasteiger partial charge on any atom is -0.444 e. The number of hydroxylamine groups is 1. The summed E-state index contributed by atoms with van der Waals surface area (Å²) < 4.78 is 5.07. The van der Waals surface area contributed by atoms with Crippen molar-refractivity contribution < 1.29 is 19.2 Å². The molecule has 2 amide bonds. The zero-order valence-electron chi connectivity index (χ0n) is 10.5.